The summed E-state index contributed by atoms with van der Waals surface area (Å²) in [5.74, 6) is 0.541. The molecule has 2 aromatic rings. The third-order valence-electron chi connectivity index (χ3n) is 3.34. The molecule has 0 spiro atoms. The molecule has 0 unspecified atom stereocenters. The number of carbonyl (C=O) groups excluding carboxylic acids is 1. The Bertz CT molecular complexity index is 786. The molecule has 0 atom stereocenters. The quantitative estimate of drug-likeness (QED) is 0.693. The number of amides is 1. The number of carbonyl (C=O) groups is 1. The summed E-state index contributed by atoms with van der Waals surface area (Å²) in [7, 11) is -3.73. The molecule has 0 saturated carbocycles. The number of benzene rings is 1. The van der Waals surface area contributed by atoms with Gasteiger partial charge in [0.1, 0.15) is 12.4 Å². The lowest BCUT2D eigenvalue weighted by molar-refractivity contribution is -0.120. The van der Waals surface area contributed by atoms with Crippen molar-refractivity contribution in [3.63, 3.8) is 0 Å². The molecule has 0 aliphatic heterocycles. The van der Waals surface area contributed by atoms with Crippen molar-refractivity contribution in [1.29, 1.82) is 0 Å². The Morgan fingerprint density at radius 3 is 2.75 bits per heavy atom. The highest BCUT2D eigenvalue weighted by atomic mass is 32.2. The minimum absolute atomic E-state index is 0.0543. The van der Waals surface area contributed by atoms with Crippen LogP contribution < -0.4 is 15.2 Å². The fourth-order valence-electron chi connectivity index (χ4n) is 2.14. The second-order valence-electron chi connectivity index (χ2n) is 5.12. The van der Waals surface area contributed by atoms with Gasteiger partial charge in [-0.05, 0) is 41.6 Å². The monoisotopic (exact) mass is 368 g/mol. The highest BCUT2D eigenvalue weighted by Crippen LogP contribution is 2.22. The SMILES string of the molecule is CCc1cc(S(N)(=O)=O)ccc1OCCNC(=O)Cc1cccs1. The molecule has 24 heavy (non-hydrogen) atoms. The van der Waals surface area contributed by atoms with Gasteiger partial charge in [0.2, 0.25) is 15.9 Å². The second kappa shape index (κ2) is 8.27. The summed E-state index contributed by atoms with van der Waals surface area (Å²) in [5, 5.41) is 9.85. The third-order valence-corrected chi connectivity index (χ3v) is 5.13. The second-order valence-corrected chi connectivity index (χ2v) is 7.72. The number of hydrogen-bond acceptors (Lipinski definition) is 5. The van der Waals surface area contributed by atoms with E-state index in [1.165, 1.54) is 12.1 Å². The van der Waals surface area contributed by atoms with Crippen molar-refractivity contribution in [2.24, 2.45) is 5.14 Å². The summed E-state index contributed by atoms with van der Waals surface area (Å²) >= 11 is 1.54. The lowest BCUT2D eigenvalue weighted by Gasteiger charge is -2.12. The molecule has 1 aromatic carbocycles. The normalized spacial score (nSPS) is 11.2. The summed E-state index contributed by atoms with van der Waals surface area (Å²) in [6.45, 7) is 2.58. The predicted molar refractivity (Wildman–Crippen MR) is 93.7 cm³/mol. The predicted octanol–water partition coefficient (Wildman–Crippen LogP) is 1.70. The highest BCUT2D eigenvalue weighted by Gasteiger charge is 2.11. The van der Waals surface area contributed by atoms with Crippen molar-refractivity contribution in [3.8, 4) is 5.75 Å². The van der Waals surface area contributed by atoms with Gasteiger partial charge in [-0.25, -0.2) is 13.6 Å². The van der Waals surface area contributed by atoms with Crippen LogP contribution >= 0.6 is 11.3 Å². The van der Waals surface area contributed by atoms with Crippen LogP contribution in [0.5, 0.6) is 5.75 Å². The van der Waals surface area contributed by atoms with E-state index in [2.05, 4.69) is 5.32 Å². The average Bonchev–Trinajstić information content (AvgIpc) is 3.03. The molecule has 0 aliphatic carbocycles. The van der Waals surface area contributed by atoms with E-state index in [9.17, 15) is 13.2 Å². The molecule has 8 heteroatoms. The number of primary sulfonamides is 1. The first-order chi connectivity index (χ1) is 11.4. The first kappa shape index (κ1) is 18.4. The van der Waals surface area contributed by atoms with Gasteiger partial charge in [-0.3, -0.25) is 4.79 Å². The number of ether oxygens (including phenoxy) is 1. The summed E-state index contributed by atoms with van der Waals surface area (Å²) in [6, 6.07) is 8.35. The van der Waals surface area contributed by atoms with Crippen molar-refractivity contribution in [1.82, 2.24) is 5.32 Å². The molecule has 1 heterocycles. The largest absolute Gasteiger partial charge is 0.491 e. The van der Waals surface area contributed by atoms with E-state index in [1.807, 2.05) is 24.4 Å². The molecule has 6 nitrogen and oxygen atoms in total. The fourth-order valence-corrected chi connectivity index (χ4v) is 3.40. The smallest absolute Gasteiger partial charge is 0.238 e. The fraction of sp³-hybridized carbons (Fsp3) is 0.312. The van der Waals surface area contributed by atoms with Crippen LogP contribution in [0.15, 0.2) is 40.6 Å². The molecule has 1 amide bonds. The van der Waals surface area contributed by atoms with E-state index in [1.54, 1.807) is 17.4 Å². The minimum atomic E-state index is -3.73. The van der Waals surface area contributed by atoms with E-state index in [0.717, 1.165) is 10.4 Å². The number of aryl methyl sites for hydroxylation is 1. The molecule has 0 aliphatic rings. The molecule has 0 bridgehead atoms. The highest BCUT2D eigenvalue weighted by molar-refractivity contribution is 7.89. The van der Waals surface area contributed by atoms with Crippen LogP contribution in [0.1, 0.15) is 17.4 Å². The van der Waals surface area contributed by atoms with Gasteiger partial charge in [0, 0.05) is 4.88 Å². The number of sulfonamides is 1. The summed E-state index contributed by atoms with van der Waals surface area (Å²) in [4.78, 5) is 12.8. The van der Waals surface area contributed by atoms with Crippen molar-refractivity contribution in [2.75, 3.05) is 13.2 Å². The average molecular weight is 368 g/mol. The van der Waals surface area contributed by atoms with Crippen LogP contribution in [0, 0.1) is 0 Å². The van der Waals surface area contributed by atoms with Crippen LogP contribution in [-0.2, 0) is 27.7 Å². The molecule has 3 N–H and O–H groups in total. The van der Waals surface area contributed by atoms with Gasteiger partial charge in [0.05, 0.1) is 17.9 Å². The van der Waals surface area contributed by atoms with Crippen molar-refractivity contribution >= 4 is 27.3 Å². The van der Waals surface area contributed by atoms with E-state index in [-0.39, 0.29) is 10.8 Å². The van der Waals surface area contributed by atoms with Crippen LogP contribution in [0.2, 0.25) is 0 Å². The Morgan fingerprint density at radius 2 is 2.12 bits per heavy atom. The van der Waals surface area contributed by atoms with E-state index >= 15 is 0 Å². The standard InChI is InChI=1S/C16H20N2O4S2/c1-2-12-10-14(24(17,20)21)5-6-15(12)22-8-7-18-16(19)11-13-4-3-9-23-13/h3-6,9-10H,2,7-8,11H2,1H3,(H,18,19)(H2,17,20,21). The van der Waals surface area contributed by atoms with Gasteiger partial charge in [-0.2, -0.15) is 0 Å². The molecular formula is C16H20N2O4S2. The maximum absolute atomic E-state index is 11.8. The lowest BCUT2D eigenvalue weighted by Crippen LogP contribution is -2.29. The Hall–Kier alpha value is -1.90. The molecular weight excluding hydrogens is 348 g/mol. The first-order valence-corrected chi connectivity index (χ1v) is 9.90. The van der Waals surface area contributed by atoms with Gasteiger partial charge in [0.15, 0.2) is 0 Å². The van der Waals surface area contributed by atoms with E-state index < -0.39 is 10.0 Å². The third kappa shape index (κ3) is 5.33. The molecule has 0 saturated heterocycles. The molecule has 1 aromatic heterocycles. The number of nitrogens with one attached hydrogen (secondary N) is 1. The maximum Gasteiger partial charge on any atom is 0.238 e. The molecule has 130 valence electrons. The van der Waals surface area contributed by atoms with Crippen LogP contribution in [0.3, 0.4) is 0 Å². The Labute approximate surface area is 145 Å². The van der Waals surface area contributed by atoms with Crippen molar-refractivity contribution < 1.29 is 17.9 Å². The Kier molecular flexibility index (Phi) is 6.36. The van der Waals surface area contributed by atoms with Crippen LogP contribution in [0.4, 0.5) is 0 Å². The Morgan fingerprint density at radius 1 is 1.33 bits per heavy atom. The summed E-state index contributed by atoms with van der Waals surface area (Å²) in [5.41, 5.74) is 0.756. The number of rotatable bonds is 8. The number of hydrogen-bond donors (Lipinski definition) is 2. The molecule has 2 rings (SSSR count). The first-order valence-electron chi connectivity index (χ1n) is 7.47. The number of thiophene rings is 1. The van der Waals surface area contributed by atoms with Gasteiger partial charge in [-0.15, -0.1) is 11.3 Å². The Balaban J connectivity index is 1.84. The van der Waals surface area contributed by atoms with E-state index in [0.29, 0.717) is 31.7 Å². The van der Waals surface area contributed by atoms with Gasteiger partial charge < -0.3 is 10.1 Å². The lowest BCUT2D eigenvalue weighted by atomic mass is 10.1. The van der Waals surface area contributed by atoms with Crippen LogP contribution in [0.25, 0.3) is 0 Å². The molecule has 0 fully saturated rings. The molecule has 0 radical (unpaired) electrons. The van der Waals surface area contributed by atoms with E-state index in [4.69, 9.17) is 9.88 Å². The maximum atomic E-state index is 11.8. The number of nitrogens with two attached hydrogens (primary N) is 1. The zero-order chi connectivity index (χ0) is 17.6. The minimum Gasteiger partial charge on any atom is -0.491 e. The van der Waals surface area contributed by atoms with Gasteiger partial charge in [0.25, 0.3) is 0 Å². The van der Waals surface area contributed by atoms with Crippen molar-refractivity contribution in [3.05, 3.63) is 46.2 Å². The summed E-state index contributed by atoms with van der Waals surface area (Å²) < 4.78 is 28.4. The summed E-state index contributed by atoms with van der Waals surface area (Å²) in [6.07, 6.45) is 0.977. The van der Waals surface area contributed by atoms with Gasteiger partial charge >= 0.3 is 0 Å². The van der Waals surface area contributed by atoms with Crippen molar-refractivity contribution in [2.45, 2.75) is 24.7 Å². The van der Waals surface area contributed by atoms with Gasteiger partial charge in [-0.1, -0.05) is 13.0 Å². The zero-order valence-corrected chi connectivity index (χ0v) is 15.0. The van der Waals surface area contributed by atoms with Crippen LogP contribution in [-0.4, -0.2) is 27.5 Å². The zero-order valence-electron chi connectivity index (χ0n) is 13.3. The topological polar surface area (TPSA) is 98.5 Å².